The SMILES string of the molecule is Cc1nc(C)c(C(=O)N2CCCC(c3nc4ccccc4o3)C2)s1. The number of benzene rings is 1. The van der Waals surface area contributed by atoms with Crippen LogP contribution in [0.2, 0.25) is 0 Å². The van der Waals surface area contributed by atoms with Crippen LogP contribution in [-0.2, 0) is 0 Å². The van der Waals surface area contributed by atoms with E-state index in [0.29, 0.717) is 6.54 Å². The van der Waals surface area contributed by atoms with Crippen LogP contribution in [0, 0.1) is 13.8 Å². The molecule has 2 aromatic heterocycles. The van der Waals surface area contributed by atoms with Crippen molar-refractivity contribution in [2.75, 3.05) is 13.1 Å². The Bertz CT molecular complexity index is 866. The van der Waals surface area contributed by atoms with E-state index in [2.05, 4.69) is 9.97 Å². The molecule has 4 rings (SSSR count). The normalized spacial score (nSPS) is 18.2. The minimum absolute atomic E-state index is 0.0823. The molecule has 3 heterocycles. The summed E-state index contributed by atoms with van der Waals surface area (Å²) in [5.41, 5.74) is 2.52. The number of oxazole rings is 1. The van der Waals surface area contributed by atoms with Crippen LogP contribution in [0.25, 0.3) is 11.1 Å². The third-order valence-electron chi connectivity index (χ3n) is 4.47. The second-order valence-electron chi connectivity index (χ2n) is 6.26. The maximum atomic E-state index is 12.8. The Balaban J connectivity index is 1.57. The number of nitrogens with zero attached hydrogens (tertiary/aromatic N) is 3. The zero-order valence-electron chi connectivity index (χ0n) is 13.8. The van der Waals surface area contributed by atoms with E-state index in [4.69, 9.17) is 4.42 Å². The number of rotatable bonds is 2. The molecule has 1 fully saturated rings. The average Bonchev–Trinajstić information content (AvgIpc) is 3.17. The van der Waals surface area contributed by atoms with Crippen LogP contribution in [0.4, 0.5) is 0 Å². The minimum Gasteiger partial charge on any atom is -0.440 e. The van der Waals surface area contributed by atoms with E-state index in [0.717, 1.165) is 52.0 Å². The Kier molecular flexibility index (Phi) is 3.84. The summed E-state index contributed by atoms with van der Waals surface area (Å²) in [6.07, 6.45) is 1.96. The molecule has 0 spiro atoms. The van der Waals surface area contributed by atoms with Crippen molar-refractivity contribution < 1.29 is 9.21 Å². The Morgan fingerprint density at radius 1 is 1.29 bits per heavy atom. The summed E-state index contributed by atoms with van der Waals surface area (Å²) in [6.45, 7) is 5.28. The molecule has 1 aliphatic heterocycles. The van der Waals surface area contributed by atoms with Gasteiger partial charge in [0.05, 0.1) is 16.6 Å². The number of amides is 1. The van der Waals surface area contributed by atoms with Gasteiger partial charge < -0.3 is 9.32 Å². The second kappa shape index (κ2) is 6.02. The van der Waals surface area contributed by atoms with E-state index >= 15 is 0 Å². The van der Waals surface area contributed by atoms with Crippen LogP contribution in [0.5, 0.6) is 0 Å². The van der Waals surface area contributed by atoms with Gasteiger partial charge in [0.15, 0.2) is 11.5 Å². The van der Waals surface area contributed by atoms with Crippen molar-refractivity contribution in [3.8, 4) is 0 Å². The largest absolute Gasteiger partial charge is 0.440 e. The molecule has 0 N–H and O–H groups in total. The lowest BCUT2D eigenvalue weighted by atomic mass is 9.98. The van der Waals surface area contributed by atoms with Crippen molar-refractivity contribution in [2.45, 2.75) is 32.6 Å². The molecule has 0 radical (unpaired) electrons. The Morgan fingerprint density at radius 3 is 2.88 bits per heavy atom. The minimum atomic E-state index is 0.0823. The molecule has 1 amide bonds. The van der Waals surface area contributed by atoms with Crippen molar-refractivity contribution in [1.29, 1.82) is 0 Å². The van der Waals surface area contributed by atoms with Crippen molar-refractivity contribution in [3.63, 3.8) is 0 Å². The van der Waals surface area contributed by atoms with Gasteiger partial charge in [-0.05, 0) is 38.8 Å². The highest BCUT2D eigenvalue weighted by Gasteiger charge is 2.30. The lowest BCUT2D eigenvalue weighted by Crippen LogP contribution is -2.39. The molecule has 0 saturated carbocycles. The molecule has 1 unspecified atom stereocenters. The van der Waals surface area contributed by atoms with Crippen molar-refractivity contribution in [3.05, 3.63) is 45.7 Å². The lowest BCUT2D eigenvalue weighted by molar-refractivity contribution is 0.0703. The molecule has 5 nitrogen and oxygen atoms in total. The smallest absolute Gasteiger partial charge is 0.265 e. The Hall–Kier alpha value is -2.21. The van der Waals surface area contributed by atoms with Crippen LogP contribution in [0.1, 0.15) is 45.0 Å². The number of carbonyl (C=O) groups is 1. The molecule has 3 aromatic rings. The number of aromatic nitrogens is 2. The molecule has 6 heteroatoms. The third kappa shape index (κ3) is 2.71. The first-order valence-electron chi connectivity index (χ1n) is 8.20. The van der Waals surface area contributed by atoms with Crippen LogP contribution >= 0.6 is 11.3 Å². The average molecular weight is 341 g/mol. The fraction of sp³-hybridized carbons (Fsp3) is 0.389. The zero-order valence-corrected chi connectivity index (χ0v) is 14.6. The van der Waals surface area contributed by atoms with Crippen molar-refractivity contribution >= 4 is 28.3 Å². The zero-order chi connectivity index (χ0) is 16.7. The predicted octanol–water partition coefficient (Wildman–Crippen LogP) is 3.92. The topological polar surface area (TPSA) is 59.2 Å². The van der Waals surface area contributed by atoms with Gasteiger partial charge in [0.2, 0.25) is 0 Å². The van der Waals surface area contributed by atoms with Gasteiger partial charge in [0.25, 0.3) is 5.91 Å². The molecule has 1 saturated heterocycles. The molecule has 0 bridgehead atoms. The summed E-state index contributed by atoms with van der Waals surface area (Å²) in [6, 6.07) is 7.79. The molecule has 1 atom stereocenters. The molecule has 1 aromatic carbocycles. The monoisotopic (exact) mass is 341 g/mol. The number of aryl methyl sites for hydroxylation is 2. The van der Waals surface area contributed by atoms with Gasteiger partial charge in [-0.15, -0.1) is 11.3 Å². The van der Waals surface area contributed by atoms with Gasteiger partial charge in [-0.25, -0.2) is 9.97 Å². The quantitative estimate of drug-likeness (QED) is 0.709. The van der Waals surface area contributed by atoms with Gasteiger partial charge in [-0.2, -0.15) is 0 Å². The molecular weight excluding hydrogens is 322 g/mol. The van der Waals surface area contributed by atoms with E-state index < -0.39 is 0 Å². The standard InChI is InChI=1S/C18H19N3O2S/c1-11-16(24-12(2)19-11)18(22)21-9-5-6-13(10-21)17-20-14-7-3-4-8-15(14)23-17/h3-4,7-8,13H,5-6,9-10H2,1-2H3. The van der Waals surface area contributed by atoms with Crippen LogP contribution in [0.15, 0.2) is 28.7 Å². The third-order valence-corrected chi connectivity index (χ3v) is 5.53. The maximum Gasteiger partial charge on any atom is 0.265 e. The fourth-order valence-electron chi connectivity index (χ4n) is 3.30. The van der Waals surface area contributed by atoms with Crippen molar-refractivity contribution in [1.82, 2.24) is 14.9 Å². The van der Waals surface area contributed by atoms with E-state index in [-0.39, 0.29) is 11.8 Å². The van der Waals surface area contributed by atoms with Gasteiger partial charge in [0, 0.05) is 13.1 Å². The number of likely N-dealkylation sites (tertiary alicyclic amines) is 1. The number of hydrogen-bond donors (Lipinski definition) is 0. The summed E-state index contributed by atoms with van der Waals surface area (Å²) in [7, 11) is 0. The summed E-state index contributed by atoms with van der Waals surface area (Å²) < 4.78 is 5.91. The lowest BCUT2D eigenvalue weighted by Gasteiger charge is -2.31. The molecular formula is C18H19N3O2S. The van der Waals surface area contributed by atoms with E-state index in [1.54, 1.807) is 0 Å². The number of piperidine rings is 1. The predicted molar refractivity (Wildman–Crippen MR) is 93.5 cm³/mol. The van der Waals surface area contributed by atoms with Gasteiger partial charge in [-0.3, -0.25) is 4.79 Å². The first-order valence-corrected chi connectivity index (χ1v) is 9.02. The number of fused-ring (bicyclic) bond motifs is 1. The number of thiazole rings is 1. The highest BCUT2D eigenvalue weighted by atomic mass is 32.1. The maximum absolute atomic E-state index is 12.8. The van der Waals surface area contributed by atoms with E-state index in [1.807, 2.05) is 43.0 Å². The second-order valence-corrected chi connectivity index (χ2v) is 7.46. The summed E-state index contributed by atoms with van der Waals surface area (Å²) >= 11 is 1.48. The Labute approximate surface area is 144 Å². The fourth-order valence-corrected chi connectivity index (χ4v) is 4.19. The molecule has 1 aliphatic rings. The van der Waals surface area contributed by atoms with E-state index in [9.17, 15) is 4.79 Å². The van der Waals surface area contributed by atoms with Gasteiger partial charge in [0.1, 0.15) is 10.4 Å². The van der Waals surface area contributed by atoms with Gasteiger partial charge >= 0.3 is 0 Å². The van der Waals surface area contributed by atoms with Crippen molar-refractivity contribution in [2.24, 2.45) is 0 Å². The molecule has 124 valence electrons. The highest BCUT2D eigenvalue weighted by molar-refractivity contribution is 7.13. The number of para-hydroxylation sites is 2. The van der Waals surface area contributed by atoms with Crippen LogP contribution in [0.3, 0.4) is 0 Å². The first kappa shape index (κ1) is 15.3. The molecule has 24 heavy (non-hydrogen) atoms. The number of hydrogen-bond acceptors (Lipinski definition) is 5. The summed E-state index contributed by atoms with van der Waals surface area (Å²) in [5, 5.41) is 0.934. The summed E-state index contributed by atoms with van der Waals surface area (Å²) in [5.74, 6) is 0.981. The molecule has 0 aliphatic carbocycles. The summed E-state index contributed by atoms with van der Waals surface area (Å²) in [4.78, 5) is 24.5. The Morgan fingerprint density at radius 2 is 2.12 bits per heavy atom. The van der Waals surface area contributed by atoms with Gasteiger partial charge in [-0.1, -0.05) is 12.1 Å². The van der Waals surface area contributed by atoms with Crippen LogP contribution in [-0.4, -0.2) is 33.9 Å². The highest BCUT2D eigenvalue weighted by Crippen LogP contribution is 2.30. The van der Waals surface area contributed by atoms with E-state index in [1.165, 1.54) is 11.3 Å². The first-order chi connectivity index (χ1) is 11.6. The van der Waals surface area contributed by atoms with Crippen LogP contribution < -0.4 is 0 Å². The number of carbonyl (C=O) groups excluding carboxylic acids is 1.